The van der Waals surface area contributed by atoms with Crippen LogP contribution in [0.25, 0.3) is 11.1 Å². The lowest BCUT2D eigenvalue weighted by molar-refractivity contribution is -0.0503. The molecule has 4 aliphatic carbocycles. The normalized spacial score (nSPS) is 27.2. The van der Waals surface area contributed by atoms with E-state index < -0.39 is 0 Å². The second-order valence-electron chi connectivity index (χ2n) is 12.9. The van der Waals surface area contributed by atoms with Crippen molar-refractivity contribution in [3.8, 4) is 16.9 Å². The highest BCUT2D eigenvalue weighted by Gasteiger charge is 2.50. The van der Waals surface area contributed by atoms with Crippen molar-refractivity contribution < 1.29 is 14.3 Å². The van der Waals surface area contributed by atoms with Gasteiger partial charge in [0.05, 0.1) is 6.20 Å². The van der Waals surface area contributed by atoms with Crippen molar-refractivity contribution in [1.82, 2.24) is 25.4 Å². The van der Waals surface area contributed by atoms with Gasteiger partial charge < -0.3 is 15.3 Å². The number of benzene rings is 1. The van der Waals surface area contributed by atoms with Gasteiger partial charge in [-0.25, -0.2) is 4.39 Å². The Morgan fingerprint density at radius 2 is 1.68 bits per heavy atom. The number of aromatic hydroxyl groups is 1. The third-order valence-electron chi connectivity index (χ3n) is 9.84. The molecule has 1 aliphatic heterocycles. The van der Waals surface area contributed by atoms with E-state index in [0.717, 1.165) is 61.9 Å². The van der Waals surface area contributed by atoms with Gasteiger partial charge in [-0.1, -0.05) is 12.1 Å². The van der Waals surface area contributed by atoms with Crippen molar-refractivity contribution in [2.24, 2.45) is 23.2 Å². The van der Waals surface area contributed by atoms with E-state index in [-0.39, 0.29) is 17.5 Å². The number of nitrogens with one attached hydrogen (secondary N) is 1. The Hall–Kier alpha value is -3.59. The topological polar surface area (TPSA) is 94.5 Å². The maximum atomic E-state index is 14.8. The summed E-state index contributed by atoms with van der Waals surface area (Å²) in [5.41, 5.74) is 2.55. The van der Waals surface area contributed by atoms with Gasteiger partial charge in [-0.2, -0.15) is 0 Å². The van der Waals surface area contributed by atoms with E-state index in [9.17, 15) is 14.3 Å². The second kappa shape index (κ2) is 10.7. The molecule has 0 atom stereocenters. The number of hydrogen-bond donors (Lipinski definition) is 2. The Bertz CT molecular complexity index is 1390. The van der Waals surface area contributed by atoms with E-state index >= 15 is 0 Å². The van der Waals surface area contributed by atoms with E-state index in [1.807, 2.05) is 12.1 Å². The summed E-state index contributed by atoms with van der Waals surface area (Å²) in [5, 5.41) is 21.5. The summed E-state index contributed by atoms with van der Waals surface area (Å²) in [5.74, 6) is 2.94. The zero-order chi connectivity index (χ0) is 28.0. The van der Waals surface area contributed by atoms with Crippen molar-refractivity contribution in [3.63, 3.8) is 0 Å². The molecule has 2 aromatic heterocycles. The van der Waals surface area contributed by atoms with Crippen molar-refractivity contribution in [1.29, 1.82) is 0 Å². The molecule has 1 saturated heterocycles. The summed E-state index contributed by atoms with van der Waals surface area (Å²) in [7, 11) is 0. The first kappa shape index (κ1) is 26.3. The van der Waals surface area contributed by atoms with Crippen LogP contribution in [0.15, 0.2) is 48.8 Å². The van der Waals surface area contributed by atoms with Gasteiger partial charge in [-0.3, -0.25) is 14.7 Å². The molecule has 0 radical (unpaired) electrons. The number of aromatic nitrogens is 3. The number of rotatable bonds is 7. The zero-order valence-electron chi connectivity index (χ0n) is 23.3. The largest absolute Gasteiger partial charge is 0.506 e. The molecular formula is C32H37FN6O2. The number of piperazine rings is 1. The molecule has 1 aromatic carbocycles. The first-order valence-electron chi connectivity index (χ1n) is 14.9. The first-order valence-corrected chi connectivity index (χ1v) is 14.9. The predicted octanol–water partition coefficient (Wildman–Crippen LogP) is 4.65. The van der Waals surface area contributed by atoms with Gasteiger partial charge in [-0.05, 0) is 91.5 Å². The Balaban J connectivity index is 0.904. The number of carbonyl (C=O) groups excluding carboxylic acids is 1. The van der Waals surface area contributed by atoms with E-state index in [4.69, 9.17) is 0 Å². The van der Waals surface area contributed by atoms with Crippen molar-refractivity contribution >= 4 is 11.7 Å². The van der Waals surface area contributed by atoms with Crippen LogP contribution in [0.4, 0.5) is 10.2 Å². The Labute approximate surface area is 240 Å². The molecule has 2 N–H and O–H groups in total. The molecule has 3 aromatic rings. The van der Waals surface area contributed by atoms with Gasteiger partial charge in [0.15, 0.2) is 11.5 Å². The molecular weight excluding hydrogens is 519 g/mol. The lowest BCUT2D eigenvalue weighted by Crippen LogP contribution is -2.51. The minimum Gasteiger partial charge on any atom is -0.506 e. The third-order valence-corrected chi connectivity index (χ3v) is 9.84. The maximum absolute atomic E-state index is 14.8. The lowest BCUT2D eigenvalue weighted by atomic mass is 9.49. The first-order chi connectivity index (χ1) is 19.9. The number of pyridine rings is 1. The van der Waals surface area contributed by atoms with Crippen LogP contribution < -0.4 is 10.2 Å². The zero-order valence-corrected chi connectivity index (χ0v) is 23.3. The Kier molecular flexibility index (Phi) is 6.85. The van der Waals surface area contributed by atoms with Crippen LogP contribution in [-0.2, 0) is 6.54 Å². The SMILES string of the molecule is O=C(NCC12CC3CC(CC(C3)C1)C2)c1ccc(N2CCN(Cc3ccc(-c4cncc(O)c4)c(F)c3)CC2)nn1. The fourth-order valence-corrected chi connectivity index (χ4v) is 8.34. The molecule has 3 heterocycles. The molecule has 8 nitrogen and oxygen atoms in total. The number of hydrogen-bond acceptors (Lipinski definition) is 7. The molecule has 5 fully saturated rings. The van der Waals surface area contributed by atoms with Crippen LogP contribution in [0.2, 0.25) is 0 Å². The third kappa shape index (κ3) is 5.52. The van der Waals surface area contributed by atoms with Gasteiger partial charge in [-0.15, -0.1) is 10.2 Å². The van der Waals surface area contributed by atoms with Crippen LogP contribution in [-0.4, -0.2) is 63.8 Å². The highest BCUT2D eigenvalue weighted by atomic mass is 19.1. The van der Waals surface area contributed by atoms with Crippen LogP contribution in [0.1, 0.15) is 54.6 Å². The van der Waals surface area contributed by atoms with Crippen molar-refractivity contribution in [2.45, 2.75) is 45.1 Å². The number of halogens is 1. The van der Waals surface area contributed by atoms with Gasteiger partial charge in [0.1, 0.15) is 11.6 Å². The van der Waals surface area contributed by atoms with Gasteiger partial charge in [0.25, 0.3) is 5.91 Å². The van der Waals surface area contributed by atoms with E-state index in [0.29, 0.717) is 28.8 Å². The van der Waals surface area contributed by atoms with Crippen LogP contribution in [0.5, 0.6) is 5.75 Å². The van der Waals surface area contributed by atoms with Gasteiger partial charge >= 0.3 is 0 Å². The number of amides is 1. The van der Waals surface area contributed by atoms with Crippen molar-refractivity contribution in [2.75, 3.05) is 37.6 Å². The number of nitrogens with zero attached hydrogens (tertiary/aromatic N) is 5. The fourth-order valence-electron chi connectivity index (χ4n) is 8.34. The summed E-state index contributed by atoms with van der Waals surface area (Å²) in [6.07, 6.45) is 10.9. The predicted molar refractivity (Wildman–Crippen MR) is 154 cm³/mol. The second-order valence-corrected chi connectivity index (χ2v) is 12.9. The van der Waals surface area contributed by atoms with Gasteiger partial charge in [0, 0.05) is 56.6 Å². The summed E-state index contributed by atoms with van der Waals surface area (Å²) < 4.78 is 14.8. The van der Waals surface area contributed by atoms with E-state index in [2.05, 4.69) is 30.3 Å². The Morgan fingerprint density at radius 3 is 2.32 bits per heavy atom. The highest BCUT2D eigenvalue weighted by molar-refractivity contribution is 5.92. The molecule has 8 rings (SSSR count). The molecule has 4 saturated carbocycles. The smallest absolute Gasteiger partial charge is 0.271 e. The molecule has 9 heteroatoms. The average Bonchev–Trinajstić information content (AvgIpc) is 2.96. The summed E-state index contributed by atoms with van der Waals surface area (Å²) >= 11 is 0. The summed E-state index contributed by atoms with van der Waals surface area (Å²) in [6.45, 7) is 4.60. The minimum absolute atomic E-state index is 0.0129. The quantitative estimate of drug-likeness (QED) is 0.438. The molecule has 41 heavy (non-hydrogen) atoms. The molecule has 4 bridgehead atoms. The van der Waals surface area contributed by atoms with E-state index in [1.165, 1.54) is 50.8 Å². The van der Waals surface area contributed by atoms with Crippen LogP contribution >= 0.6 is 0 Å². The minimum atomic E-state index is -0.328. The monoisotopic (exact) mass is 556 g/mol. The van der Waals surface area contributed by atoms with Gasteiger partial charge in [0.2, 0.25) is 0 Å². The number of anilines is 1. The highest BCUT2D eigenvalue weighted by Crippen LogP contribution is 2.59. The Morgan fingerprint density at radius 1 is 0.951 bits per heavy atom. The summed E-state index contributed by atoms with van der Waals surface area (Å²) in [6, 6.07) is 10.4. The summed E-state index contributed by atoms with van der Waals surface area (Å²) in [4.78, 5) is 21.3. The molecule has 0 spiro atoms. The number of carbonyl (C=O) groups is 1. The lowest BCUT2D eigenvalue weighted by Gasteiger charge is -2.56. The molecule has 214 valence electrons. The van der Waals surface area contributed by atoms with Crippen molar-refractivity contribution in [3.05, 3.63) is 65.9 Å². The maximum Gasteiger partial charge on any atom is 0.271 e. The molecule has 5 aliphatic rings. The van der Waals surface area contributed by atoms with E-state index in [1.54, 1.807) is 24.4 Å². The van der Waals surface area contributed by atoms with Crippen LogP contribution in [0.3, 0.4) is 0 Å². The average molecular weight is 557 g/mol. The standard InChI is InChI=1S/C32H37FN6O2/c33-28-12-21(1-2-27(28)25-13-26(40)18-34-17-25)19-38-5-7-39(8-6-38)30-4-3-29(36-37-30)31(41)35-20-32-14-22-9-23(15-32)11-24(10-22)16-32/h1-4,12-13,17-18,22-24,40H,5-11,14-16,19-20H2,(H,35,41). The fraction of sp³-hybridized carbons (Fsp3) is 0.500. The molecule has 1 amide bonds. The van der Waals surface area contributed by atoms with Crippen LogP contribution in [0, 0.1) is 29.0 Å². The molecule has 0 unspecified atom stereocenters.